The number of methoxy groups -OCH3 is 1. The lowest BCUT2D eigenvalue weighted by Crippen LogP contribution is -2.21. The summed E-state index contributed by atoms with van der Waals surface area (Å²) in [5.74, 6) is -0.00510. The Balaban J connectivity index is 1.69. The molecule has 6 nitrogen and oxygen atoms in total. The zero-order valence-corrected chi connectivity index (χ0v) is 17.1. The molecule has 7 heteroatoms. The van der Waals surface area contributed by atoms with E-state index < -0.39 is 5.91 Å². The Hall–Kier alpha value is -3.45. The maximum Gasteiger partial charge on any atom is 0.273 e. The first-order valence-electron chi connectivity index (χ1n) is 8.70. The van der Waals surface area contributed by atoms with Gasteiger partial charge < -0.3 is 10.1 Å². The lowest BCUT2D eigenvalue weighted by molar-refractivity contribution is 0.0956. The summed E-state index contributed by atoms with van der Waals surface area (Å²) in [6.07, 6.45) is 1.53. The summed E-state index contributed by atoms with van der Waals surface area (Å²) in [6, 6.07) is 21.0. The van der Waals surface area contributed by atoms with Crippen LogP contribution in [0.5, 0.6) is 5.75 Å². The van der Waals surface area contributed by atoms with Gasteiger partial charge in [0.1, 0.15) is 5.75 Å². The van der Waals surface area contributed by atoms with E-state index in [1.165, 1.54) is 6.21 Å². The number of nitrogens with zero attached hydrogens (tertiary/aromatic N) is 1. The van der Waals surface area contributed by atoms with Gasteiger partial charge in [0.2, 0.25) is 0 Å². The van der Waals surface area contributed by atoms with Gasteiger partial charge in [-0.1, -0.05) is 34.1 Å². The topological polar surface area (TPSA) is 79.8 Å². The summed E-state index contributed by atoms with van der Waals surface area (Å²) in [4.78, 5) is 25.0. The van der Waals surface area contributed by atoms with E-state index in [2.05, 4.69) is 31.8 Å². The zero-order chi connectivity index (χ0) is 20.6. The highest BCUT2D eigenvalue weighted by atomic mass is 79.9. The Labute approximate surface area is 176 Å². The van der Waals surface area contributed by atoms with E-state index in [0.29, 0.717) is 16.8 Å². The van der Waals surface area contributed by atoms with Gasteiger partial charge in [-0.25, -0.2) is 5.43 Å². The highest BCUT2D eigenvalue weighted by Gasteiger charge is 2.13. The number of hydrazone groups is 1. The molecule has 3 aromatic rings. The van der Waals surface area contributed by atoms with Crippen LogP contribution in [-0.4, -0.2) is 25.1 Å². The minimum Gasteiger partial charge on any atom is -0.497 e. The smallest absolute Gasteiger partial charge is 0.273 e. The van der Waals surface area contributed by atoms with E-state index in [1.807, 2.05) is 18.2 Å². The largest absolute Gasteiger partial charge is 0.497 e. The number of rotatable bonds is 6. The van der Waals surface area contributed by atoms with Crippen molar-refractivity contribution >= 4 is 39.6 Å². The number of anilines is 1. The Bertz CT molecular complexity index is 1050. The molecule has 0 saturated carbocycles. The van der Waals surface area contributed by atoms with E-state index in [1.54, 1.807) is 61.7 Å². The van der Waals surface area contributed by atoms with Crippen molar-refractivity contribution in [3.63, 3.8) is 0 Å². The van der Waals surface area contributed by atoms with Crippen LogP contribution in [-0.2, 0) is 0 Å². The molecule has 0 saturated heterocycles. The van der Waals surface area contributed by atoms with Crippen LogP contribution in [0.1, 0.15) is 26.3 Å². The molecule has 0 unspecified atom stereocenters. The molecular weight excluding hydrogens is 434 g/mol. The first-order chi connectivity index (χ1) is 14.1. The summed E-state index contributed by atoms with van der Waals surface area (Å²) in [6.45, 7) is 0. The third-order valence-electron chi connectivity index (χ3n) is 4.00. The maximum atomic E-state index is 12.5. The van der Waals surface area contributed by atoms with Crippen molar-refractivity contribution in [1.29, 1.82) is 0 Å². The molecular formula is C22H18BrN3O3. The molecule has 2 amide bonds. The molecule has 0 aliphatic heterocycles. The number of amides is 2. The first-order valence-corrected chi connectivity index (χ1v) is 9.49. The van der Waals surface area contributed by atoms with Crippen molar-refractivity contribution in [2.75, 3.05) is 12.4 Å². The molecule has 0 atom stereocenters. The lowest BCUT2D eigenvalue weighted by atomic mass is 10.1. The van der Waals surface area contributed by atoms with E-state index in [9.17, 15) is 9.59 Å². The number of para-hydroxylation sites is 1. The number of halogens is 1. The fraction of sp³-hybridized carbons (Fsp3) is 0.0455. The SMILES string of the molecule is COc1ccc(/C=N\NC(=O)c2ccccc2NC(=O)c2cccc(Br)c2)cc1. The van der Waals surface area contributed by atoms with Gasteiger partial charge in [0.25, 0.3) is 11.8 Å². The van der Waals surface area contributed by atoms with E-state index in [-0.39, 0.29) is 5.91 Å². The summed E-state index contributed by atoms with van der Waals surface area (Å²) < 4.78 is 5.90. The Kier molecular flexibility index (Phi) is 6.76. The Morgan fingerprint density at radius 3 is 2.45 bits per heavy atom. The fourth-order valence-electron chi connectivity index (χ4n) is 2.53. The summed E-state index contributed by atoms with van der Waals surface area (Å²) >= 11 is 3.34. The number of carbonyl (C=O) groups excluding carboxylic acids is 2. The molecule has 0 heterocycles. The third-order valence-corrected chi connectivity index (χ3v) is 4.50. The summed E-state index contributed by atoms with van der Waals surface area (Å²) in [7, 11) is 1.59. The molecule has 0 aliphatic carbocycles. The van der Waals surface area contributed by atoms with Gasteiger partial charge in [-0.3, -0.25) is 9.59 Å². The van der Waals surface area contributed by atoms with Gasteiger partial charge in [0.15, 0.2) is 0 Å². The van der Waals surface area contributed by atoms with Crippen molar-refractivity contribution < 1.29 is 14.3 Å². The second-order valence-corrected chi connectivity index (χ2v) is 6.90. The molecule has 0 fully saturated rings. The average Bonchev–Trinajstić information content (AvgIpc) is 2.74. The number of hydrogen-bond acceptors (Lipinski definition) is 4. The van der Waals surface area contributed by atoms with Crippen LogP contribution in [0, 0.1) is 0 Å². The summed E-state index contributed by atoms with van der Waals surface area (Å²) in [5, 5.41) is 6.75. The monoisotopic (exact) mass is 451 g/mol. The van der Waals surface area contributed by atoms with Gasteiger partial charge in [-0.15, -0.1) is 0 Å². The predicted molar refractivity (Wildman–Crippen MR) is 117 cm³/mol. The highest BCUT2D eigenvalue weighted by molar-refractivity contribution is 9.10. The number of ether oxygens (including phenoxy) is 1. The van der Waals surface area contributed by atoms with Crippen molar-refractivity contribution in [1.82, 2.24) is 5.43 Å². The third kappa shape index (κ3) is 5.52. The molecule has 0 radical (unpaired) electrons. The minimum absolute atomic E-state index is 0.308. The lowest BCUT2D eigenvalue weighted by Gasteiger charge is -2.10. The van der Waals surface area contributed by atoms with E-state index >= 15 is 0 Å². The van der Waals surface area contributed by atoms with Crippen LogP contribution in [0.4, 0.5) is 5.69 Å². The molecule has 0 aliphatic rings. The van der Waals surface area contributed by atoms with Gasteiger partial charge in [-0.2, -0.15) is 5.10 Å². The second-order valence-electron chi connectivity index (χ2n) is 5.98. The Morgan fingerprint density at radius 2 is 1.72 bits per heavy atom. The normalized spacial score (nSPS) is 10.6. The van der Waals surface area contributed by atoms with Crippen LogP contribution >= 0.6 is 15.9 Å². The molecule has 0 aromatic heterocycles. The maximum absolute atomic E-state index is 12.5. The second kappa shape index (κ2) is 9.66. The van der Waals surface area contributed by atoms with E-state index in [4.69, 9.17) is 4.74 Å². The van der Waals surface area contributed by atoms with Gasteiger partial charge in [-0.05, 0) is 60.2 Å². The van der Waals surface area contributed by atoms with Crippen molar-refractivity contribution in [2.45, 2.75) is 0 Å². The molecule has 0 spiro atoms. The zero-order valence-electron chi connectivity index (χ0n) is 15.6. The van der Waals surface area contributed by atoms with Crippen LogP contribution in [0.3, 0.4) is 0 Å². The van der Waals surface area contributed by atoms with Crippen LogP contribution in [0.15, 0.2) is 82.4 Å². The highest BCUT2D eigenvalue weighted by Crippen LogP contribution is 2.18. The molecule has 146 valence electrons. The fourth-order valence-corrected chi connectivity index (χ4v) is 2.93. The molecule has 2 N–H and O–H groups in total. The number of hydrogen-bond donors (Lipinski definition) is 2. The standard InChI is InChI=1S/C22H18BrN3O3/c1-29-18-11-9-15(10-12-18)14-24-26-22(28)19-7-2-3-8-20(19)25-21(27)16-5-4-6-17(23)13-16/h2-14H,1H3,(H,25,27)(H,26,28)/b24-14-. The number of carbonyl (C=O) groups is 2. The average molecular weight is 452 g/mol. The van der Waals surface area contributed by atoms with E-state index in [0.717, 1.165) is 15.8 Å². The first kappa shape index (κ1) is 20.3. The molecule has 0 bridgehead atoms. The molecule has 3 rings (SSSR count). The molecule has 3 aromatic carbocycles. The Morgan fingerprint density at radius 1 is 0.966 bits per heavy atom. The van der Waals surface area contributed by atoms with Crippen LogP contribution < -0.4 is 15.5 Å². The van der Waals surface area contributed by atoms with Gasteiger partial charge in [0.05, 0.1) is 24.6 Å². The number of nitrogens with one attached hydrogen (secondary N) is 2. The van der Waals surface area contributed by atoms with Gasteiger partial charge in [0, 0.05) is 10.0 Å². The van der Waals surface area contributed by atoms with Crippen LogP contribution in [0.25, 0.3) is 0 Å². The summed E-state index contributed by atoms with van der Waals surface area (Å²) in [5.41, 5.74) is 4.47. The number of benzene rings is 3. The van der Waals surface area contributed by atoms with Crippen molar-refractivity contribution in [3.05, 3.63) is 94.0 Å². The van der Waals surface area contributed by atoms with Crippen molar-refractivity contribution in [2.24, 2.45) is 5.10 Å². The van der Waals surface area contributed by atoms with Crippen LogP contribution in [0.2, 0.25) is 0 Å². The minimum atomic E-state index is -0.431. The van der Waals surface area contributed by atoms with Crippen molar-refractivity contribution in [3.8, 4) is 5.75 Å². The quantitative estimate of drug-likeness (QED) is 0.428. The van der Waals surface area contributed by atoms with Gasteiger partial charge >= 0.3 is 0 Å². The molecule has 29 heavy (non-hydrogen) atoms. The predicted octanol–water partition coefficient (Wildman–Crippen LogP) is 4.47.